The lowest BCUT2D eigenvalue weighted by molar-refractivity contribution is -0.137. The molecule has 0 aliphatic heterocycles. The predicted octanol–water partition coefficient (Wildman–Crippen LogP) is 5.90. The van der Waals surface area contributed by atoms with Gasteiger partial charge in [-0.05, 0) is 49.4 Å². The molecule has 2 aromatic carbocycles. The van der Waals surface area contributed by atoms with E-state index in [1.807, 2.05) is 18.2 Å². The molecular formula is C24H21F4N5O. The molecule has 2 aromatic heterocycles. The van der Waals surface area contributed by atoms with Gasteiger partial charge in [0.1, 0.15) is 24.6 Å². The monoisotopic (exact) mass is 471 g/mol. The van der Waals surface area contributed by atoms with Gasteiger partial charge in [0.15, 0.2) is 0 Å². The molecule has 0 aliphatic carbocycles. The topological polar surface area (TPSA) is 64.3 Å². The molecule has 0 amide bonds. The Morgan fingerprint density at radius 2 is 1.94 bits per heavy atom. The first-order chi connectivity index (χ1) is 16.3. The molecule has 10 heteroatoms. The fourth-order valence-electron chi connectivity index (χ4n) is 3.39. The molecule has 0 atom stereocenters. The van der Waals surface area contributed by atoms with Crippen LogP contribution in [0.3, 0.4) is 0 Å². The van der Waals surface area contributed by atoms with Crippen LogP contribution in [0.2, 0.25) is 0 Å². The van der Waals surface area contributed by atoms with E-state index in [1.54, 1.807) is 29.8 Å². The average Bonchev–Trinajstić information content (AvgIpc) is 3.23. The van der Waals surface area contributed by atoms with Gasteiger partial charge in [-0.3, -0.25) is 0 Å². The van der Waals surface area contributed by atoms with Crippen LogP contribution in [0, 0.1) is 0 Å². The molecule has 4 aromatic rings. The Kier molecular flexibility index (Phi) is 6.87. The van der Waals surface area contributed by atoms with Gasteiger partial charge < -0.3 is 14.6 Å². The molecule has 1 N–H and O–H groups in total. The standard InChI is InChI=1S/C24H21F4N5O/c1-16(32-19-4-2-3-18(12-19)24(26,27)28)33-10-7-17-11-21(5-6-22(17)33)34-23-13-20(30-15-31-23)14-29-9-8-25/h2-7,10-13,15,29H,8-9,14H2,1H3. The highest BCUT2D eigenvalue weighted by molar-refractivity contribution is 5.95. The Balaban J connectivity index is 1.54. The number of halogens is 4. The van der Waals surface area contributed by atoms with Crippen molar-refractivity contribution in [3.63, 3.8) is 0 Å². The Labute approximate surface area is 192 Å². The normalized spacial score (nSPS) is 12.3. The number of nitrogens with zero attached hydrogens (tertiary/aromatic N) is 4. The number of aliphatic imine (C=N–C) groups is 1. The molecule has 6 nitrogen and oxygen atoms in total. The van der Waals surface area contributed by atoms with Crippen LogP contribution < -0.4 is 10.1 Å². The Morgan fingerprint density at radius 3 is 2.74 bits per heavy atom. The second-order valence-electron chi connectivity index (χ2n) is 7.43. The second-order valence-corrected chi connectivity index (χ2v) is 7.43. The summed E-state index contributed by atoms with van der Waals surface area (Å²) >= 11 is 0. The van der Waals surface area contributed by atoms with Crippen LogP contribution in [0.5, 0.6) is 11.6 Å². The van der Waals surface area contributed by atoms with Gasteiger partial charge >= 0.3 is 6.18 Å². The number of hydrogen-bond donors (Lipinski definition) is 1. The number of rotatable bonds is 7. The van der Waals surface area contributed by atoms with Crippen LogP contribution in [0.25, 0.3) is 10.9 Å². The van der Waals surface area contributed by atoms with Crippen LogP contribution in [-0.4, -0.2) is 33.6 Å². The fraction of sp³-hybridized carbons (Fsp3) is 0.208. The van der Waals surface area contributed by atoms with Crippen LogP contribution in [0.15, 0.2) is 72.1 Å². The van der Waals surface area contributed by atoms with Crippen LogP contribution >= 0.6 is 0 Å². The maximum Gasteiger partial charge on any atom is 0.416 e. The predicted molar refractivity (Wildman–Crippen MR) is 121 cm³/mol. The molecule has 0 unspecified atom stereocenters. The lowest BCUT2D eigenvalue weighted by atomic mass is 10.2. The van der Waals surface area contributed by atoms with Gasteiger partial charge in [0.05, 0.1) is 22.5 Å². The highest BCUT2D eigenvalue weighted by Gasteiger charge is 2.30. The van der Waals surface area contributed by atoms with Gasteiger partial charge in [-0.25, -0.2) is 19.4 Å². The molecule has 4 rings (SSSR count). The van der Waals surface area contributed by atoms with Crippen molar-refractivity contribution < 1.29 is 22.3 Å². The summed E-state index contributed by atoms with van der Waals surface area (Å²) in [6.45, 7) is 1.90. The van der Waals surface area contributed by atoms with E-state index in [0.717, 1.165) is 23.0 Å². The van der Waals surface area contributed by atoms with Gasteiger partial charge in [0.25, 0.3) is 0 Å². The maximum atomic E-state index is 13.0. The first-order valence-corrected chi connectivity index (χ1v) is 10.4. The third kappa shape index (κ3) is 5.57. The van der Waals surface area contributed by atoms with Crippen LogP contribution in [0.1, 0.15) is 18.2 Å². The lowest BCUT2D eigenvalue weighted by Crippen LogP contribution is -2.16. The fourth-order valence-corrected chi connectivity index (χ4v) is 3.39. The first kappa shape index (κ1) is 23.4. The molecule has 0 saturated carbocycles. The van der Waals surface area contributed by atoms with E-state index < -0.39 is 18.4 Å². The minimum absolute atomic E-state index is 0.217. The minimum atomic E-state index is -4.43. The number of ether oxygens (including phenoxy) is 1. The van der Waals surface area contributed by atoms with Crippen molar-refractivity contribution in [1.82, 2.24) is 19.9 Å². The Morgan fingerprint density at radius 1 is 1.09 bits per heavy atom. The molecule has 34 heavy (non-hydrogen) atoms. The van der Waals surface area contributed by atoms with Crippen molar-refractivity contribution in [3.8, 4) is 11.6 Å². The van der Waals surface area contributed by atoms with E-state index in [4.69, 9.17) is 4.74 Å². The van der Waals surface area contributed by atoms with Crippen LogP contribution in [0.4, 0.5) is 23.2 Å². The van der Waals surface area contributed by atoms with Gasteiger partial charge in [0, 0.05) is 30.7 Å². The van der Waals surface area contributed by atoms with Crippen molar-refractivity contribution in [2.45, 2.75) is 19.6 Å². The molecule has 0 spiro atoms. The van der Waals surface area contributed by atoms with Gasteiger partial charge in [-0.1, -0.05) is 6.07 Å². The summed E-state index contributed by atoms with van der Waals surface area (Å²) in [5.74, 6) is 1.43. The summed E-state index contributed by atoms with van der Waals surface area (Å²) in [5.41, 5.74) is 0.966. The van der Waals surface area contributed by atoms with Gasteiger partial charge in [0.2, 0.25) is 5.88 Å². The zero-order valence-corrected chi connectivity index (χ0v) is 18.2. The van der Waals surface area contributed by atoms with Crippen LogP contribution in [-0.2, 0) is 12.7 Å². The number of aromatic nitrogens is 3. The highest BCUT2D eigenvalue weighted by atomic mass is 19.4. The average molecular weight is 471 g/mol. The summed E-state index contributed by atoms with van der Waals surface area (Å²) in [5, 5.41) is 3.77. The van der Waals surface area contributed by atoms with E-state index in [2.05, 4.69) is 20.3 Å². The third-order valence-electron chi connectivity index (χ3n) is 4.97. The van der Waals surface area contributed by atoms with E-state index in [0.29, 0.717) is 29.7 Å². The zero-order chi connectivity index (χ0) is 24.1. The molecule has 2 heterocycles. The quantitative estimate of drug-likeness (QED) is 0.158. The molecule has 0 saturated heterocycles. The first-order valence-electron chi connectivity index (χ1n) is 10.4. The molecular weight excluding hydrogens is 450 g/mol. The summed E-state index contributed by atoms with van der Waals surface area (Å²) < 4.78 is 58.8. The van der Waals surface area contributed by atoms with E-state index >= 15 is 0 Å². The maximum absolute atomic E-state index is 13.0. The molecule has 176 valence electrons. The van der Waals surface area contributed by atoms with Gasteiger partial charge in [-0.2, -0.15) is 13.2 Å². The van der Waals surface area contributed by atoms with Crippen molar-refractivity contribution in [1.29, 1.82) is 0 Å². The molecule has 0 radical (unpaired) electrons. The minimum Gasteiger partial charge on any atom is -0.439 e. The van der Waals surface area contributed by atoms with Crippen molar-refractivity contribution >= 4 is 22.4 Å². The molecule has 0 fully saturated rings. The zero-order valence-electron chi connectivity index (χ0n) is 18.2. The molecule has 0 aliphatic rings. The number of hydrogen-bond acceptors (Lipinski definition) is 5. The smallest absolute Gasteiger partial charge is 0.416 e. The number of benzene rings is 2. The highest BCUT2D eigenvalue weighted by Crippen LogP contribution is 2.32. The second kappa shape index (κ2) is 10.0. The summed E-state index contributed by atoms with van der Waals surface area (Å²) in [6, 6.07) is 13.9. The number of alkyl halides is 4. The van der Waals surface area contributed by atoms with Crippen molar-refractivity contribution in [2.24, 2.45) is 4.99 Å². The van der Waals surface area contributed by atoms with Crippen molar-refractivity contribution in [3.05, 3.63) is 78.4 Å². The van der Waals surface area contributed by atoms with Crippen molar-refractivity contribution in [2.75, 3.05) is 13.2 Å². The third-order valence-corrected chi connectivity index (χ3v) is 4.97. The summed E-state index contributed by atoms with van der Waals surface area (Å²) in [4.78, 5) is 12.6. The SMILES string of the molecule is CC(=Nc1cccc(C(F)(F)F)c1)n1ccc2cc(Oc3cc(CNCCF)ncn3)ccc21. The van der Waals surface area contributed by atoms with E-state index in [1.165, 1.54) is 18.5 Å². The summed E-state index contributed by atoms with van der Waals surface area (Å²) in [7, 11) is 0. The van der Waals surface area contributed by atoms with E-state index in [-0.39, 0.29) is 12.2 Å². The van der Waals surface area contributed by atoms with Gasteiger partial charge in [-0.15, -0.1) is 0 Å². The summed E-state index contributed by atoms with van der Waals surface area (Å²) in [6.07, 6.45) is -1.25. The largest absolute Gasteiger partial charge is 0.439 e. The Hall–Kier alpha value is -3.79. The Bertz CT molecular complexity index is 1320. The number of fused-ring (bicyclic) bond motifs is 1. The number of nitrogens with one attached hydrogen (secondary N) is 1. The van der Waals surface area contributed by atoms with E-state index in [9.17, 15) is 17.6 Å². The molecule has 0 bridgehead atoms. The lowest BCUT2D eigenvalue weighted by Gasteiger charge is -2.09.